The molecular weight excluding hydrogens is 195 g/mol. The number of nitrogens with zero attached hydrogens (tertiary/aromatic N) is 1. The van der Waals surface area contributed by atoms with Gasteiger partial charge in [0.1, 0.15) is 0 Å². The Morgan fingerprint density at radius 1 is 1.53 bits per heavy atom. The van der Waals surface area contributed by atoms with Crippen molar-refractivity contribution in [2.75, 3.05) is 6.61 Å². The lowest BCUT2D eigenvalue weighted by Crippen LogP contribution is -2.07. The van der Waals surface area contributed by atoms with E-state index in [4.69, 9.17) is 10.5 Å². The molecule has 1 aromatic heterocycles. The highest BCUT2D eigenvalue weighted by molar-refractivity contribution is 5.23. The summed E-state index contributed by atoms with van der Waals surface area (Å²) >= 11 is 0. The minimum absolute atomic E-state index is 0.0543. The van der Waals surface area contributed by atoms with E-state index in [1.54, 1.807) is 6.07 Å². The summed E-state index contributed by atoms with van der Waals surface area (Å²) in [6, 6.07) is 1.56. The van der Waals surface area contributed by atoms with Crippen LogP contribution in [0.1, 0.15) is 25.8 Å². The Morgan fingerprint density at radius 2 is 2.27 bits per heavy atom. The Bertz CT molecular complexity index is 315. The van der Waals surface area contributed by atoms with Crippen LogP contribution in [0.3, 0.4) is 0 Å². The van der Waals surface area contributed by atoms with Crippen molar-refractivity contribution in [2.24, 2.45) is 11.7 Å². The topological polar surface area (TPSA) is 48.1 Å². The van der Waals surface area contributed by atoms with E-state index in [1.807, 2.05) is 0 Å². The van der Waals surface area contributed by atoms with E-state index in [9.17, 15) is 4.39 Å². The lowest BCUT2D eigenvalue weighted by molar-refractivity contribution is 0.265. The maximum Gasteiger partial charge on any atom is 0.250 e. The molecule has 0 spiro atoms. The van der Waals surface area contributed by atoms with Gasteiger partial charge in [-0.1, -0.05) is 13.8 Å². The molecule has 1 rings (SSSR count). The molecule has 0 aliphatic carbocycles. The van der Waals surface area contributed by atoms with E-state index in [1.165, 1.54) is 6.20 Å². The van der Waals surface area contributed by atoms with Gasteiger partial charge in [0.05, 0.1) is 6.61 Å². The van der Waals surface area contributed by atoms with Crippen LogP contribution in [0.5, 0.6) is 5.88 Å². The van der Waals surface area contributed by atoms with Gasteiger partial charge in [-0.25, -0.2) is 9.37 Å². The van der Waals surface area contributed by atoms with Crippen LogP contribution >= 0.6 is 0 Å². The van der Waals surface area contributed by atoms with Crippen LogP contribution in [-0.2, 0) is 6.54 Å². The molecular formula is C11H17FN2O. The minimum atomic E-state index is -0.441. The van der Waals surface area contributed by atoms with Crippen molar-refractivity contribution in [1.29, 1.82) is 0 Å². The normalized spacial score (nSPS) is 10.7. The Labute approximate surface area is 89.5 Å². The van der Waals surface area contributed by atoms with Gasteiger partial charge >= 0.3 is 0 Å². The van der Waals surface area contributed by atoms with Crippen LogP contribution in [0.15, 0.2) is 12.3 Å². The first kappa shape index (κ1) is 11.9. The van der Waals surface area contributed by atoms with Gasteiger partial charge in [0.25, 0.3) is 5.88 Å². The van der Waals surface area contributed by atoms with Crippen LogP contribution in [0.2, 0.25) is 0 Å². The highest BCUT2D eigenvalue weighted by Gasteiger charge is 2.09. The minimum Gasteiger partial charge on any atom is -0.476 e. The highest BCUT2D eigenvalue weighted by atomic mass is 19.1. The molecule has 15 heavy (non-hydrogen) atoms. The fourth-order valence-electron chi connectivity index (χ4n) is 1.11. The van der Waals surface area contributed by atoms with Gasteiger partial charge in [-0.3, -0.25) is 0 Å². The first-order chi connectivity index (χ1) is 7.15. The molecule has 3 nitrogen and oxygen atoms in total. The summed E-state index contributed by atoms with van der Waals surface area (Å²) in [6.07, 6.45) is 2.39. The fourth-order valence-corrected chi connectivity index (χ4v) is 1.11. The summed E-state index contributed by atoms with van der Waals surface area (Å²) in [7, 11) is 0. The third kappa shape index (κ3) is 3.47. The molecule has 0 radical (unpaired) electrons. The van der Waals surface area contributed by atoms with Crippen LogP contribution in [0.25, 0.3) is 0 Å². The predicted octanol–water partition coefficient (Wildman–Crippen LogP) is 2.10. The van der Waals surface area contributed by atoms with Gasteiger partial charge in [-0.2, -0.15) is 0 Å². The third-order valence-electron chi connectivity index (χ3n) is 2.09. The summed E-state index contributed by atoms with van der Waals surface area (Å²) in [5.41, 5.74) is 5.81. The smallest absolute Gasteiger partial charge is 0.250 e. The van der Waals surface area contributed by atoms with E-state index in [-0.39, 0.29) is 12.4 Å². The Balaban J connectivity index is 2.61. The van der Waals surface area contributed by atoms with E-state index in [2.05, 4.69) is 18.8 Å². The van der Waals surface area contributed by atoms with Crippen molar-refractivity contribution in [3.8, 4) is 5.88 Å². The lowest BCUT2D eigenvalue weighted by atomic mass is 10.1. The van der Waals surface area contributed by atoms with Crippen molar-refractivity contribution in [1.82, 2.24) is 4.98 Å². The molecule has 0 bridgehead atoms. The largest absolute Gasteiger partial charge is 0.476 e. The zero-order valence-electron chi connectivity index (χ0n) is 9.16. The number of halogens is 1. The predicted molar refractivity (Wildman–Crippen MR) is 57.0 cm³/mol. The quantitative estimate of drug-likeness (QED) is 0.813. The lowest BCUT2D eigenvalue weighted by Gasteiger charge is -2.09. The molecule has 0 fully saturated rings. The van der Waals surface area contributed by atoms with Gasteiger partial charge in [-0.15, -0.1) is 0 Å². The van der Waals surface area contributed by atoms with Crippen molar-refractivity contribution in [2.45, 2.75) is 26.8 Å². The van der Waals surface area contributed by atoms with Crippen molar-refractivity contribution in [3.05, 3.63) is 23.6 Å². The van der Waals surface area contributed by atoms with E-state index in [0.29, 0.717) is 18.1 Å². The van der Waals surface area contributed by atoms with Crippen LogP contribution < -0.4 is 10.5 Å². The summed E-state index contributed by atoms with van der Waals surface area (Å²) in [6.45, 7) is 4.82. The van der Waals surface area contributed by atoms with E-state index >= 15 is 0 Å². The standard InChI is InChI=1S/C11H17FN2O/c1-8(2)4-6-15-11-10(12)9(7-13)3-5-14-11/h3,5,8H,4,6-7,13H2,1-2H3. The van der Waals surface area contributed by atoms with Gasteiger partial charge in [0.2, 0.25) is 0 Å². The molecule has 0 atom stereocenters. The molecule has 0 unspecified atom stereocenters. The third-order valence-corrected chi connectivity index (χ3v) is 2.09. The van der Waals surface area contributed by atoms with Crippen molar-refractivity contribution >= 4 is 0 Å². The molecule has 0 aliphatic heterocycles. The second-order valence-electron chi connectivity index (χ2n) is 3.82. The summed E-state index contributed by atoms with van der Waals surface area (Å²) < 4.78 is 18.8. The highest BCUT2D eigenvalue weighted by Crippen LogP contribution is 2.17. The second kappa shape index (κ2) is 5.66. The molecule has 4 heteroatoms. The average Bonchev–Trinajstić information content (AvgIpc) is 2.20. The Morgan fingerprint density at radius 3 is 2.87 bits per heavy atom. The number of rotatable bonds is 5. The number of hydrogen-bond acceptors (Lipinski definition) is 3. The SMILES string of the molecule is CC(C)CCOc1nccc(CN)c1F. The second-order valence-corrected chi connectivity index (χ2v) is 3.82. The first-order valence-corrected chi connectivity index (χ1v) is 5.11. The summed E-state index contributed by atoms with van der Waals surface area (Å²) in [5.74, 6) is 0.146. The van der Waals surface area contributed by atoms with Gasteiger partial charge in [-0.05, 0) is 18.4 Å². The van der Waals surface area contributed by atoms with Gasteiger partial charge in [0, 0.05) is 18.3 Å². The van der Waals surface area contributed by atoms with Crippen molar-refractivity contribution < 1.29 is 9.13 Å². The van der Waals surface area contributed by atoms with Crippen LogP contribution in [0, 0.1) is 11.7 Å². The average molecular weight is 212 g/mol. The maximum atomic E-state index is 13.5. The van der Waals surface area contributed by atoms with E-state index in [0.717, 1.165) is 6.42 Å². The molecule has 84 valence electrons. The number of nitrogens with two attached hydrogens (primary N) is 1. The molecule has 0 saturated carbocycles. The molecule has 1 heterocycles. The number of pyridine rings is 1. The molecule has 0 amide bonds. The number of aromatic nitrogens is 1. The summed E-state index contributed by atoms with van der Waals surface area (Å²) in [5, 5.41) is 0. The molecule has 0 aromatic carbocycles. The fraction of sp³-hybridized carbons (Fsp3) is 0.545. The number of hydrogen-bond donors (Lipinski definition) is 1. The van der Waals surface area contributed by atoms with Crippen LogP contribution in [-0.4, -0.2) is 11.6 Å². The zero-order valence-corrected chi connectivity index (χ0v) is 9.16. The van der Waals surface area contributed by atoms with Gasteiger partial charge in [0.15, 0.2) is 5.82 Å². The monoisotopic (exact) mass is 212 g/mol. The van der Waals surface area contributed by atoms with Gasteiger partial charge < -0.3 is 10.5 Å². The molecule has 0 aliphatic rings. The first-order valence-electron chi connectivity index (χ1n) is 5.11. The zero-order chi connectivity index (χ0) is 11.3. The Kier molecular flexibility index (Phi) is 4.49. The summed E-state index contributed by atoms with van der Waals surface area (Å²) in [4.78, 5) is 3.83. The molecule has 1 aromatic rings. The van der Waals surface area contributed by atoms with Crippen molar-refractivity contribution in [3.63, 3.8) is 0 Å². The number of ether oxygens (including phenoxy) is 1. The Hall–Kier alpha value is -1.16. The maximum absolute atomic E-state index is 13.5. The molecule has 0 saturated heterocycles. The molecule has 2 N–H and O–H groups in total. The van der Waals surface area contributed by atoms with E-state index < -0.39 is 5.82 Å². The van der Waals surface area contributed by atoms with Crippen LogP contribution in [0.4, 0.5) is 4.39 Å².